The molecule has 0 saturated heterocycles. The van der Waals surface area contributed by atoms with E-state index in [1.54, 1.807) is 0 Å². The Morgan fingerprint density at radius 1 is 1.25 bits per heavy atom. The summed E-state index contributed by atoms with van der Waals surface area (Å²) in [6.45, 7) is 4.00. The lowest BCUT2D eigenvalue weighted by Gasteiger charge is -1.91. The minimum atomic E-state index is 1.20. The lowest BCUT2D eigenvalue weighted by Crippen LogP contribution is -1.82. The lowest BCUT2D eigenvalue weighted by atomic mass is 10.3. The molecule has 2 nitrogen and oxygen atoms in total. The van der Waals surface area contributed by atoms with E-state index in [0.717, 1.165) is 0 Å². The third-order valence-electron chi connectivity index (χ3n) is 1.69. The number of hydrogen-bond donors (Lipinski definition) is 0. The van der Waals surface area contributed by atoms with Gasteiger partial charge in [-0.05, 0) is 12.1 Å². The molecule has 0 aliphatic rings. The van der Waals surface area contributed by atoms with Crippen molar-refractivity contribution in [2.75, 3.05) is 0 Å². The number of rotatable bonds is 0. The highest BCUT2D eigenvalue weighted by Gasteiger charge is 1.93. The molecule has 0 N–H and O–H groups in total. The summed E-state index contributed by atoms with van der Waals surface area (Å²) in [5.41, 5.74) is 1.23. The van der Waals surface area contributed by atoms with E-state index in [1.807, 2.05) is 45.6 Å². The fourth-order valence-corrected chi connectivity index (χ4v) is 1.12. The minimum Gasteiger partial charge on any atom is -0.350 e. The molecule has 0 aromatic carbocycles. The second-order valence-electron chi connectivity index (χ2n) is 2.36. The van der Waals surface area contributed by atoms with Crippen molar-refractivity contribution in [3.8, 4) is 0 Å². The average Bonchev–Trinajstić information content (AvgIpc) is 2.53. The Hall–Kier alpha value is -1.31. The van der Waals surface area contributed by atoms with Crippen LogP contribution < -0.4 is 0 Å². The summed E-state index contributed by atoms with van der Waals surface area (Å²) in [6.07, 6.45) is 5.71. The van der Waals surface area contributed by atoms with Crippen LogP contribution in [-0.2, 0) is 7.05 Å². The van der Waals surface area contributed by atoms with Gasteiger partial charge in [0.15, 0.2) is 0 Å². The third-order valence-corrected chi connectivity index (χ3v) is 1.69. The van der Waals surface area contributed by atoms with E-state index >= 15 is 0 Å². The molecule has 0 bridgehead atoms. The molecule has 0 atom stereocenters. The number of aromatic nitrogens is 2. The topological polar surface area (TPSA) is 17.8 Å². The molecule has 2 heterocycles. The highest BCUT2D eigenvalue weighted by atomic mass is 14.9. The zero-order chi connectivity index (χ0) is 8.97. The monoisotopic (exact) mass is 162 g/mol. The minimum absolute atomic E-state index is 1.20. The van der Waals surface area contributed by atoms with Crippen molar-refractivity contribution < 1.29 is 0 Å². The fourth-order valence-electron chi connectivity index (χ4n) is 1.12. The van der Waals surface area contributed by atoms with Crippen molar-refractivity contribution >= 4 is 10.9 Å². The van der Waals surface area contributed by atoms with E-state index in [9.17, 15) is 0 Å². The predicted octanol–water partition coefficient (Wildman–Crippen LogP) is 2.60. The van der Waals surface area contributed by atoms with E-state index in [1.165, 1.54) is 10.9 Å². The maximum atomic E-state index is 4.01. The molecule has 2 rings (SSSR count). The number of pyridine rings is 1. The summed E-state index contributed by atoms with van der Waals surface area (Å²) in [6, 6.07) is 4.07. The molecule has 0 aliphatic heterocycles. The number of fused-ring (bicyclic) bond motifs is 1. The van der Waals surface area contributed by atoms with Crippen molar-refractivity contribution in [1.29, 1.82) is 0 Å². The largest absolute Gasteiger partial charge is 0.350 e. The average molecular weight is 162 g/mol. The maximum absolute atomic E-state index is 4.01. The zero-order valence-electron chi connectivity index (χ0n) is 7.78. The maximum Gasteiger partial charge on any atom is 0.0508 e. The van der Waals surface area contributed by atoms with Gasteiger partial charge in [-0.1, -0.05) is 13.8 Å². The Kier molecular flexibility index (Phi) is 2.86. The number of aryl methyl sites for hydroxylation is 1. The Balaban J connectivity index is 0.000000336. The first-order valence-electron chi connectivity index (χ1n) is 4.23. The van der Waals surface area contributed by atoms with Gasteiger partial charge < -0.3 is 4.57 Å². The van der Waals surface area contributed by atoms with Crippen molar-refractivity contribution in [3.05, 3.63) is 30.7 Å². The van der Waals surface area contributed by atoms with Crippen LogP contribution in [0, 0.1) is 0 Å². The van der Waals surface area contributed by atoms with Gasteiger partial charge >= 0.3 is 0 Å². The first-order valence-corrected chi connectivity index (χ1v) is 4.23. The van der Waals surface area contributed by atoms with Crippen LogP contribution in [0.1, 0.15) is 13.8 Å². The SMILES string of the molecule is CC.Cn1ccc2cnccc21. The van der Waals surface area contributed by atoms with Gasteiger partial charge in [-0.15, -0.1) is 0 Å². The molecule has 12 heavy (non-hydrogen) atoms. The standard InChI is InChI=1S/C8H8N2.C2H6/c1-10-5-3-7-6-9-4-2-8(7)10;1-2/h2-6H,1H3;1-2H3. The Bertz CT molecular complexity index is 349. The summed E-state index contributed by atoms with van der Waals surface area (Å²) in [7, 11) is 2.03. The van der Waals surface area contributed by atoms with Crippen LogP contribution in [0.4, 0.5) is 0 Å². The molecular weight excluding hydrogens is 148 g/mol. The molecule has 64 valence electrons. The van der Waals surface area contributed by atoms with Gasteiger partial charge in [0.1, 0.15) is 0 Å². The molecule has 0 amide bonds. The van der Waals surface area contributed by atoms with Gasteiger partial charge in [0.2, 0.25) is 0 Å². The summed E-state index contributed by atoms with van der Waals surface area (Å²) < 4.78 is 2.08. The predicted molar refractivity (Wildman–Crippen MR) is 52.1 cm³/mol. The van der Waals surface area contributed by atoms with E-state index in [-0.39, 0.29) is 0 Å². The smallest absolute Gasteiger partial charge is 0.0508 e. The second-order valence-corrected chi connectivity index (χ2v) is 2.36. The van der Waals surface area contributed by atoms with Gasteiger partial charge in [-0.25, -0.2) is 0 Å². The zero-order valence-corrected chi connectivity index (χ0v) is 7.78. The van der Waals surface area contributed by atoms with E-state index in [4.69, 9.17) is 0 Å². The summed E-state index contributed by atoms with van der Waals surface area (Å²) >= 11 is 0. The van der Waals surface area contributed by atoms with Crippen LogP contribution in [0.25, 0.3) is 10.9 Å². The Labute approximate surface area is 72.9 Å². The Morgan fingerprint density at radius 3 is 2.67 bits per heavy atom. The van der Waals surface area contributed by atoms with Crippen LogP contribution in [0.3, 0.4) is 0 Å². The van der Waals surface area contributed by atoms with Gasteiger partial charge in [0.25, 0.3) is 0 Å². The number of nitrogens with zero attached hydrogens (tertiary/aromatic N) is 2. The first kappa shape index (κ1) is 8.78. The van der Waals surface area contributed by atoms with Gasteiger partial charge in [0, 0.05) is 31.0 Å². The van der Waals surface area contributed by atoms with Gasteiger partial charge in [0.05, 0.1) is 5.52 Å². The summed E-state index contributed by atoms with van der Waals surface area (Å²) in [5.74, 6) is 0. The molecule has 0 saturated carbocycles. The van der Waals surface area contributed by atoms with Crippen LogP contribution in [0.2, 0.25) is 0 Å². The second kappa shape index (κ2) is 3.90. The molecule has 0 fully saturated rings. The molecule has 2 aromatic rings. The molecular formula is C10H14N2. The van der Waals surface area contributed by atoms with Crippen LogP contribution in [0.15, 0.2) is 30.7 Å². The van der Waals surface area contributed by atoms with Crippen LogP contribution in [-0.4, -0.2) is 9.55 Å². The first-order chi connectivity index (χ1) is 5.88. The van der Waals surface area contributed by atoms with Crippen LogP contribution in [0.5, 0.6) is 0 Å². The molecule has 0 spiro atoms. The number of hydrogen-bond acceptors (Lipinski definition) is 1. The van der Waals surface area contributed by atoms with Gasteiger partial charge in [-0.2, -0.15) is 0 Å². The third kappa shape index (κ3) is 1.47. The van der Waals surface area contributed by atoms with E-state index in [0.29, 0.717) is 0 Å². The highest BCUT2D eigenvalue weighted by Crippen LogP contribution is 2.10. The molecule has 2 heteroatoms. The molecule has 0 unspecified atom stereocenters. The van der Waals surface area contributed by atoms with E-state index in [2.05, 4.69) is 15.6 Å². The molecule has 2 aromatic heterocycles. The quantitative estimate of drug-likeness (QED) is 0.582. The van der Waals surface area contributed by atoms with Gasteiger partial charge in [-0.3, -0.25) is 4.98 Å². The summed E-state index contributed by atoms with van der Waals surface area (Å²) in [4.78, 5) is 4.01. The Morgan fingerprint density at radius 2 is 2.00 bits per heavy atom. The fraction of sp³-hybridized carbons (Fsp3) is 0.300. The van der Waals surface area contributed by atoms with Crippen LogP contribution >= 0.6 is 0 Å². The van der Waals surface area contributed by atoms with Crippen molar-refractivity contribution in [3.63, 3.8) is 0 Å². The van der Waals surface area contributed by atoms with Crippen molar-refractivity contribution in [2.24, 2.45) is 7.05 Å². The lowest BCUT2D eigenvalue weighted by molar-refractivity contribution is 0.968. The normalized spacial score (nSPS) is 9.25. The highest BCUT2D eigenvalue weighted by molar-refractivity contribution is 5.78. The van der Waals surface area contributed by atoms with Crippen molar-refractivity contribution in [2.45, 2.75) is 13.8 Å². The van der Waals surface area contributed by atoms with Crippen molar-refractivity contribution in [1.82, 2.24) is 9.55 Å². The summed E-state index contributed by atoms with van der Waals surface area (Å²) in [5, 5.41) is 1.20. The molecule has 0 radical (unpaired) electrons. The molecule has 0 aliphatic carbocycles. The van der Waals surface area contributed by atoms with E-state index < -0.39 is 0 Å².